The second-order valence-electron chi connectivity index (χ2n) is 4.77. The third-order valence-corrected chi connectivity index (χ3v) is 3.18. The molecule has 4 heteroatoms. The van der Waals surface area contributed by atoms with E-state index in [4.69, 9.17) is 4.42 Å². The van der Waals surface area contributed by atoms with E-state index in [0.29, 0.717) is 22.2 Å². The van der Waals surface area contributed by atoms with E-state index in [-0.39, 0.29) is 11.2 Å². The number of phenolic OH excluding ortho intramolecular Hbond substituents is 1. The van der Waals surface area contributed by atoms with Crippen molar-refractivity contribution >= 4 is 22.9 Å². The summed E-state index contributed by atoms with van der Waals surface area (Å²) in [5.41, 5.74) is 2.13. The Morgan fingerprint density at radius 3 is 2.86 bits per heavy atom. The van der Waals surface area contributed by atoms with Gasteiger partial charge in [0, 0.05) is 6.21 Å². The van der Waals surface area contributed by atoms with Crippen molar-refractivity contribution in [1.82, 2.24) is 0 Å². The van der Waals surface area contributed by atoms with Crippen molar-refractivity contribution in [1.29, 1.82) is 0 Å². The SMILES string of the molecule is Cc1ccc(O)c(N=Cc2coc3ccccc3c2=O)c1. The zero-order valence-electron chi connectivity index (χ0n) is 11.4. The molecule has 0 amide bonds. The summed E-state index contributed by atoms with van der Waals surface area (Å²) in [4.78, 5) is 16.5. The van der Waals surface area contributed by atoms with Gasteiger partial charge in [-0.2, -0.15) is 0 Å². The first-order valence-corrected chi connectivity index (χ1v) is 6.49. The van der Waals surface area contributed by atoms with Gasteiger partial charge in [-0.25, -0.2) is 0 Å². The maximum absolute atomic E-state index is 12.3. The van der Waals surface area contributed by atoms with E-state index in [0.717, 1.165) is 5.56 Å². The summed E-state index contributed by atoms with van der Waals surface area (Å²) in [7, 11) is 0. The summed E-state index contributed by atoms with van der Waals surface area (Å²) >= 11 is 0. The number of aromatic hydroxyl groups is 1. The highest BCUT2D eigenvalue weighted by Crippen LogP contribution is 2.26. The second-order valence-corrected chi connectivity index (χ2v) is 4.77. The van der Waals surface area contributed by atoms with E-state index in [1.54, 1.807) is 36.4 Å². The molecule has 0 radical (unpaired) electrons. The van der Waals surface area contributed by atoms with Crippen molar-refractivity contribution < 1.29 is 9.52 Å². The molecule has 3 aromatic rings. The molecule has 0 saturated carbocycles. The first-order chi connectivity index (χ1) is 10.1. The molecule has 0 aliphatic rings. The number of rotatable bonds is 2. The van der Waals surface area contributed by atoms with Crippen molar-refractivity contribution in [2.45, 2.75) is 6.92 Å². The molecule has 0 bridgehead atoms. The summed E-state index contributed by atoms with van der Waals surface area (Å²) < 4.78 is 5.41. The van der Waals surface area contributed by atoms with Crippen molar-refractivity contribution in [3.63, 3.8) is 0 Å². The Balaban J connectivity index is 2.06. The molecule has 0 aliphatic heterocycles. The number of fused-ring (bicyclic) bond motifs is 1. The van der Waals surface area contributed by atoms with Gasteiger partial charge in [0.15, 0.2) is 0 Å². The zero-order chi connectivity index (χ0) is 14.8. The number of para-hydroxylation sites is 1. The Hall–Kier alpha value is -2.88. The average Bonchev–Trinajstić information content (AvgIpc) is 2.50. The van der Waals surface area contributed by atoms with E-state index in [2.05, 4.69) is 4.99 Å². The molecular weight excluding hydrogens is 266 g/mol. The molecule has 104 valence electrons. The number of aryl methyl sites for hydroxylation is 1. The second kappa shape index (κ2) is 5.25. The third kappa shape index (κ3) is 2.56. The quantitative estimate of drug-likeness (QED) is 0.729. The van der Waals surface area contributed by atoms with Gasteiger partial charge < -0.3 is 9.52 Å². The minimum Gasteiger partial charge on any atom is -0.506 e. The molecule has 21 heavy (non-hydrogen) atoms. The number of hydrogen-bond donors (Lipinski definition) is 1. The van der Waals surface area contributed by atoms with Crippen LogP contribution in [0.3, 0.4) is 0 Å². The summed E-state index contributed by atoms with van der Waals surface area (Å²) in [6.07, 6.45) is 2.79. The lowest BCUT2D eigenvalue weighted by molar-refractivity contribution is 0.477. The summed E-state index contributed by atoms with van der Waals surface area (Å²) in [5, 5.41) is 10.2. The largest absolute Gasteiger partial charge is 0.506 e. The van der Waals surface area contributed by atoms with Crippen LogP contribution in [0.1, 0.15) is 11.1 Å². The minimum atomic E-state index is -0.146. The van der Waals surface area contributed by atoms with Crippen LogP contribution in [0.25, 0.3) is 11.0 Å². The molecule has 1 N–H and O–H groups in total. The zero-order valence-corrected chi connectivity index (χ0v) is 11.4. The fraction of sp³-hybridized carbons (Fsp3) is 0.0588. The minimum absolute atomic E-state index is 0.0713. The smallest absolute Gasteiger partial charge is 0.201 e. The van der Waals surface area contributed by atoms with Gasteiger partial charge in [0.1, 0.15) is 23.3 Å². The molecule has 1 heterocycles. The molecule has 3 rings (SSSR count). The van der Waals surface area contributed by atoms with Crippen LogP contribution >= 0.6 is 0 Å². The maximum Gasteiger partial charge on any atom is 0.201 e. The van der Waals surface area contributed by atoms with Gasteiger partial charge >= 0.3 is 0 Å². The van der Waals surface area contributed by atoms with Gasteiger partial charge in [0.25, 0.3) is 0 Å². The standard InChI is InChI=1S/C17H13NO3/c1-11-6-7-15(19)14(8-11)18-9-12-10-21-16-5-3-2-4-13(16)17(12)20/h2-10,19H,1H3. The molecule has 4 nitrogen and oxygen atoms in total. The van der Waals surface area contributed by atoms with Crippen molar-refractivity contribution in [3.8, 4) is 5.75 Å². The van der Waals surface area contributed by atoms with Gasteiger partial charge in [-0.3, -0.25) is 9.79 Å². The molecule has 0 atom stereocenters. The molecule has 2 aromatic carbocycles. The molecule has 0 spiro atoms. The Kier molecular flexibility index (Phi) is 3.28. The lowest BCUT2D eigenvalue weighted by Gasteiger charge is -2.00. The van der Waals surface area contributed by atoms with Gasteiger partial charge in [-0.1, -0.05) is 18.2 Å². The first kappa shape index (κ1) is 13.1. The Bertz CT molecular complexity index is 894. The predicted molar refractivity (Wildman–Crippen MR) is 82.6 cm³/mol. The number of benzene rings is 2. The lowest BCUT2D eigenvalue weighted by atomic mass is 10.2. The highest BCUT2D eigenvalue weighted by molar-refractivity contribution is 5.87. The van der Waals surface area contributed by atoms with E-state index in [1.165, 1.54) is 12.5 Å². The number of aliphatic imine (C=N–C) groups is 1. The normalized spacial score (nSPS) is 11.3. The fourth-order valence-electron chi connectivity index (χ4n) is 2.06. The molecule has 0 saturated heterocycles. The molecule has 0 fully saturated rings. The first-order valence-electron chi connectivity index (χ1n) is 6.49. The Labute approximate surface area is 121 Å². The van der Waals surface area contributed by atoms with Crippen LogP contribution in [0.2, 0.25) is 0 Å². The number of phenols is 1. The predicted octanol–water partition coefficient (Wildman–Crippen LogP) is 3.56. The molecule has 0 unspecified atom stereocenters. The van der Waals surface area contributed by atoms with E-state index < -0.39 is 0 Å². The summed E-state index contributed by atoms with van der Waals surface area (Å²) in [5.74, 6) is 0.0713. The van der Waals surface area contributed by atoms with Crippen LogP contribution < -0.4 is 5.43 Å². The van der Waals surface area contributed by atoms with E-state index in [1.807, 2.05) is 13.0 Å². The topological polar surface area (TPSA) is 62.8 Å². The van der Waals surface area contributed by atoms with Gasteiger partial charge in [-0.15, -0.1) is 0 Å². The fourth-order valence-corrected chi connectivity index (χ4v) is 2.06. The maximum atomic E-state index is 12.3. The molecular formula is C17H13NO3. The van der Waals surface area contributed by atoms with Crippen LogP contribution in [0.5, 0.6) is 5.75 Å². The van der Waals surface area contributed by atoms with Crippen LogP contribution in [0.4, 0.5) is 5.69 Å². The lowest BCUT2D eigenvalue weighted by Crippen LogP contribution is -2.07. The van der Waals surface area contributed by atoms with E-state index >= 15 is 0 Å². The van der Waals surface area contributed by atoms with Gasteiger partial charge in [0.05, 0.1) is 10.9 Å². The number of nitrogens with zero attached hydrogens (tertiary/aromatic N) is 1. The van der Waals surface area contributed by atoms with Crippen LogP contribution in [-0.2, 0) is 0 Å². The molecule has 1 aromatic heterocycles. The van der Waals surface area contributed by atoms with E-state index in [9.17, 15) is 9.90 Å². The van der Waals surface area contributed by atoms with Crippen LogP contribution in [-0.4, -0.2) is 11.3 Å². The van der Waals surface area contributed by atoms with Crippen molar-refractivity contribution in [2.24, 2.45) is 4.99 Å². The van der Waals surface area contributed by atoms with Crippen LogP contribution in [0.15, 0.2) is 62.9 Å². The Morgan fingerprint density at radius 2 is 2.00 bits per heavy atom. The number of hydrogen-bond acceptors (Lipinski definition) is 4. The van der Waals surface area contributed by atoms with Gasteiger partial charge in [0.2, 0.25) is 5.43 Å². The monoisotopic (exact) mass is 279 g/mol. The summed E-state index contributed by atoms with van der Waals surface area (Å²) in [6.45, 7) is 1.91. The summed E-state index contributed by atoms with van der Waals surface area (Å²) in [6, 6.07) is 12.2. The Morgan fingerprint density at radius 1 is 1.19 bits per heavy atom. The molecule has 0 aliphatic carbocycles. The van der Waals surface area contributed by atoms with Crippen molar-refractivity contribution in [2.75, 3.05) is 0 Å². The highest BCUT2D eigenvalue weighted by atomic mass is 16.3. The average molecular weight is 279 g/mol. The van der Waals surface area contributed by atoms with Gasteiger partial charge in [-0.05, 0) is 36.8 Å². The van der Waals surface area contributed by atoms with Crippen LogP contribution in [0, 0.1) is 6.92 Å². The van der Waals surface area contributed by atoms with Crippen molar-refractivity contribution in [3.05, 3.63) is 70.1 Å². The highest BCUT2D eigenvalue weighted by Gasteiger charge is 2.05. The third-order valence-electron chi connectivity index (χ3n) is 3.18.